The molecule has 1 aromatic carbocycles. The Labute approximate surface area is 175 Å². The Morgan fingerprint density at radius 2 is 2.17 bits per heavy atom. The third kappa shape index (κ3) is 5.73. The van der Waals surface area contributed by atoms with Crippen LogP contribution in [0, 0.1) is 11.2 Å². The molecule has 0 spiro atoms. The zero-order valence-corrected chi connectivity index (χ0v) is 16.6. The molecule has 0 bridgehead atoms. The first-order chi connectivity index (χ1) is 14.6. The van der Waals surface area contributed by atoms with E-state index in [2.05, 4.69) is 15.2 Å². The minimum atomic E-state index is -1.03. The van der Waals surface area contributed by atoms with Crippen LogP contribution in [0.3, 0.4) is 0 Å². The van der Waals surface area contributed by atoms with Gasteiger partial charge in [-0.15, -0.1) is 0 Å². The topological polar surface area (TPSA) is 107 Å². The monoisotopic (exact) mass is 411 g/mol. The summed E-state index contributed by atoms with van der Waals surface area (Å²) in [5.74, 6) is -0.319. The van der Waals surface area contributed by atoms with Crippen molar-refractivity contribution in [2.75, 3.05) is 31.6 Å². The van der Waals surface area contributed by atoms with Gasteiger partial charge in [-0.3, -0.25) is 9.88 Å². The third-order valence-corrected chi connectivity index (χ3v) is 4.82. The number of halogens is 1. The van der Waals surface area contributed by atoms with Crippen LogP contribution in [-0.2, 0) is 11.3 Å². The molecule has 1 aliphatic rings. The first kappa shape index (κ1) is 21.6. The maximum atomic E-state index is 14.5. The number of allylic oxidation sites excluding steroid dienone is 1. The van der Waals surface area contributed by atoms with Gasteiger partial charge >= 0.3 is 0 Å². The first-order valence-corrected chi connectivity index (χ1v) is 9.69. The number of aliphatic hydroxyl groups is 1. The van der Waals surface area contributed by atoms with Crippen LogP contribution in [0.25, 0.3) is 11.6 Å². The van der Waals surface area contributed by atoms with Crippen LogP contribution in [0.5, 0.6) is 0 Å². The predicted molar refractivity (Wildman–Crippen MR) is 116 cm³/mol. The lowest BCUT2D eigenvalue weighted by Crippen LogP contribution is -2.35. The summed E-state index contributed by atoms with van der Waals surface area (Å²) in [7, 11) is 0. The molecule has 0 radical (unpaired) electrons. The molecule has 30 heavy (non-hydrogen) atoms. The fraction of sp³-hybridized carbons (Fsp3) is 0.273. The lowest BCUT2D eigenvalue weighted by atomic mass is 10.0. The molecular formula is C22H26FN5O2. The summed E-state index contributed by atoms with van der Waals surface area (Å²) < 4.78 is 19.8. The van der Waals surface area contributed by atoms with Crippen LogP contribution in [0.15, 0.2) is 48.9 Å². The van der Waals surface area contributed by atoms with E-state index in [1.165, 1.54) is 18.3 Å². The van der Waals surface area contributed by atoms with Crippen molar-refractivity contribution in [3.8, 4) is 0 Å². The quantitative estimate of drug-likeness (QED) is 0.393. The highest BCUT2D eigenvalue weighted by Gasteiger charge is 2.13. The molecule has 7 nitrogen and oxygen atoms in total. The van der Waals surface area contributed by atoms with Gasteiger partial charge < -0.3 is 26.3 Å². The summed E-state index contributed by atoms with van der Waals surface area (Å²) in [5.41, 5.74) is 8.62. The largest absolute Gasteiger partial charge is 0.404 e. The summed E-state index contributed by atoms with van der Waals surface area (Å²) in [4.78, 5) is 6.22. The van der Waals surface area contributed by atoms with Gasteiger partial charge in [0.1, 0.15) is 12.0 Å². The van der Waals surface area contributed by atoms with Gasteiger partial charge in [0.2, 0.25) is 0 Å². The number of hydrogen-bond donors (Lipinski definition) is 4. The summed E-state index contributed by atoms with van der Waals surface area (Å²) in [5, 5.41) is 20.6. The lowest BCUT2D eigenvalue weighted by Gasteiger charge is -2.26. The van der Waals surface area contributed by atoms with E-state index in [9.17, 15) is 9.50 Å². The molecule has 2 heterocycles. The van der Waals surface area contributed by atoms with Crippen LogP contribution in [0.1, 0.15) is 16.7 Å². The Kier molecular flexibility index (Phi) is 7.67. The molecule has 1 fully saturated rings. The SMILES string of the molecule is N=C/C(=C\N)c1ccncc1/C=C/C(O)Nc1ccc(CN2CCOCC2)c(F)c1. The number of aliphatic hydroxyl groups excluding tert-OH is 1. The second-order valence-corrected chi connectivity index (χ2v) is 6.87. The van der Waals surface area contributed by atoms with Crippen molar-refractivity contribution >= 4 is 23.6 Å². The van der Waals surface area contributed by atoms with E-state index < -0.39 is 6.23 Å². The van der Waals surface area contributed by atoms with Gasteiger partial charge in [-0.05, 0) is 29.8 Å². The van der Waals surface area contributed by atoms with Crippen molar-refractivity contribution < 1.29 is 14.2 Å². The van der Waals surface area contributed by atoms with Crippen molar-refractivity contribution in [1.82, 2.24) is 9.88 Å². The summed E-state index contributed by atoms with van der Waals surface area (Å²) >= 11 is 0. The van der Waals surface area contributed by atoms with Crippen LogP contribution in [-0.4, -0.2) is 53.7 Å². The summed E-state index contributed by atoms with van der Waals surface area (Å²) in [6, 6.07) is 6.60. The number of pyridine rings is 1. The number of nitrogens with zero attached hydrogens (tertiary/aromatic N) is 2. The van der Waals surface area contributed by atoms with Crippen LogP contribution in [0.4, 0.5) is 10.1 Å². The van der Waals surface area contributed by atoms with Gasteiger partial charge in [0.25, 0.3) is 0 Å². The number of anilines is 1. The van der Waals surface area contributed by atoms with Gasteiger partial charge in [0.15, 0.2) is 0 Å². The van der Waals surface area contributed by atoms with Gasteiger partial charge in [-0.2, -0.15) is 0 Å². The lowest BCUT2D eigenvalue weighted by molar-refractivity contribution is 0.0337. The molecular weight excluding hydrogens is 385 g/mol. The van der Waals surface area contributed by atoms with E-state index in [1.807, 2.05) is 0 Å². The minimum absolute atomic E-state index is 0.319. The molecule has 8 heteroatoms. The van der Waals surface area contributed by atoms with E-state index in [1.54, 1.807) is 36.7 Å². The predicted octanol–water partition coefficient (Wildman–Crippen LogP) is 2.45. The highest BCUT2D eigenvalue weighted by molar-refractivity contribution is 6.09. The second-order valence-electron chi connectivity index (χ2n) is 6.87. The molecule has 5 N–H and O–H groups in total. The Hall–Kier alpha value is -3.07. The normalized spacial score (nSPS) is 16.5. The highest BCUT2D eigenvalue weighted by atomic mass is 19.1. The zero-order valence-electron chi connectivity index (χ0n) is 16.6. The van der Waals surface area contributed by atoms with Crippen LogP contribution in [0.2, 0.25) is 0 Å². The molecule has 0 aliphatic carbocycles. The van der Waals surface area contributed by atoms with Crippen molar-refractivity contribution in [3.63, 3.8) is 0 Å². The fourth-order valence-electron chi connectivity index (χ4n) is 3.20. The molecule has 1 saturated heterocycles. The first-order valence-electron chi connectivity index (χ1n) is 9.69. The van der Waals surface area contributed by atoms with Crippen molar-refractivity contribution in [1.29, 1.82) is 5.41 Å². The van der Waals surface area contributed by atoms with Gasteiger partial charge in [0.05, 0.1) is 13.2 Å². The number of nitrogens with two attached hydrogens (primary N) is 1. The van der Waals surface area contributed by atoms with Crippen molar-refractivity contribution in [2.45, 2.75) is 12.8 Å². The molecule has 1 aliphatic heterocycles. The second kappa shape index (κ2) is 10.6. The maximum absolute atomic E-state index is 14.5. The van der Waals surface area contributed by atoms with E-state index in [0.29, 0.717) is 42.1 Å². The molecule has 0 saturated carbocycles. The molecule has 3 rings (SSSR count). The number of ether oxygens (including phenoxy) is 1. The Morgan fingerprint density at radius 3 is 2.87 bits per heavy atom. The smallest absolute Gasteiger partial charge is 0.144 e. The zero-order chi connectivity index (χ0) is 21.3. The number of aromatic nitrogens is 1. The van der Waals surface area contributed by atoms with Gasteiger partial charge in [-0.25, -0.2) is 4.39 Å². The van der Waals surface area contributed by atoms with Crippen molar-refractivity contribution in [2.24, 2.45) is 5.73 Å². The van der Waals surface area contributed by atoms with E-state index >= 15 is 0 Å². The van der Waals surface area contributed by atoms with E-state index in [-0.39, 0.29) is 5.82 Å². The standard InChI is InChI=1S/C22H26FN5O2/c23-21-11-19(3-1-17(21)15-28-7-9-30-10-8-28)27-22(29)4-2-16-14-26-6-5-20(16)18(12-24)13-25/h1-6,11-14,22,24,27,29H,7-10,15,25H2/b4-2+,18-13+,24-12?. The number of rotatable bonds is 8. The number of morpholine rings is 1. The van der Waals surface area contributed by atoms with Crippen molar-refractivity contribution in [3.05, 3.63) is 71.4 Å². The Balaban J connectivity index is 1.64. The Morgan fingerprint density at radius 1 is 1.37 bits per heavy atom. The average molecular weight is 411 g/mol. The molecule has 1 atom stereocenters. The molecule has 2 aromatic rings. The third-order valence-electron chi connectivity index (χ3n) is 4.82. The highest BCUT2D eigenvalue weighted by Crippen LogP contribution is 2.19. The number of hydrogen-bond acceptors (Lipinski definition) is 7. The average Bonchev–Trinajstić information content (AvgIpc) is 2.76. The fourth-order valence-corrected chi connectivity index (χ4v) is 3.20. The summed E-state index contributed by atoms with van der Waals surface area (Å²) in [6.07, 6.45) is 7.89. The molecule has 1 unspecified atom stereocenters. The number of nitrogens with one attached hydrogen (secondary N) is 2. The maximum Gasteiger partial charge on any atom is 0.144 e. The van der Waals surface area contributed by atoms with Gasteiger partial charge in [0, 0.05) is 66.8 Å². The van der Waals surface area contributed by atoms with E-state index in [0.717, 1.165) is 24.9 Å². The van der Waals surface area contributed by atoms with Crippen LogP contribution < -0.4 is 11.1 Å². The van der Waals surface area contributed by atoms with Crippen LogP contribution >= 0.6 is 0 Å². The van der Waals surface area contributed by atoms with E-state index in [4.69, 9.17) is 15.9 Å². The minimum Gasteiger partial charge on any atom is -0.404 e. The summed E-state index contributed by atoms with van der Waals surface area (Å²) in [6.45, 7) is 3.45. The number of benzene rings is 1. The Bertz CT molecular complexity index is 925. The molecule has 158 valence electrons. The van der Waals surface area contributed by atoms with Gasteiger partial charge in [-0.1, -0.05) is 12.1 Å². The molecule has 1 aromatic heterocycles. The molecule has 0 amide bonds.